The van der Waals surface area contributed by atoms with E-state index in [1.165, 1.54) is 25.4 Å². The largest absolute Gasteiger partial charge is 0.494 e. The number of carbonyl (C=O) groups excluding carboxylic acids is 1. The Hall–Kier alpha value is -3.46. The highest BCUT2D eigenvalue weighted by Crippen LogP contribution is 2.38. The van der Waals surface area contributed by atoms with Gasteiger partial charge in [-0.05, 0) is 19.4 Å². The zero-order valence-corrected chi connectivity index (χ0v) is 17.8. The van der Waals surface area contributed by atoms with Gasteiger partial charge in [-0.3, -0.25) is 13.9 Å². The number of aromatic hydroxyl groups is 1. The van der Waals surface area contributed by atoms with Crippen molar-refractivity contribution in [3.05, 3.63) is 67.2 Å². The molecule has 30 heavy (non-hydrogen) atoms. The molecule has 3 aromatic rings. The summed E-state index contributed by atoms with van der Waals surface area (Å²) in [4.78, 5) is 41.2. The van der Waals surface area contributed by atoms with Gasteiger partial charge < -0.3 is 9.84 Å². The molecule has 0 saturated heterocycles. The maximum atomic E-state index is 12.6. The highest BCUT2D eigenvalue weighted by Gasteiger charge is 2.21. The van der Waals surface area contributed by atoms with Crippen LogP contribution in [0.25, 0.3) is 11.1 Å². The van der Waals surface area contributed by atoms with E-state index in [0.717, 1.165) is 26.5 Å². The molecular weight excluding hydrogens is 406 g/mol. The molecule has 2 aromatic heterocycles. The second-order valence-electron chi connectivity index (χ2n) is 6.62. The van der Waals surface area contributed by atoms with E-state index in [-0.39, 0.29) is 17.7 Å². The van der Waals surface area contributed by atoms with E-state index in [2.05, 4.69) is 4.99 Å². The lowest BCUT2D eigenvalue weighted by Crippen LogP contribution is -2.38. The summed E-state index contributed by atoms with van der Waals surface area (Å²) in [7, 11) is 2.66. The fourth-order valence-electron chi connectivity index (χ4n) is 2.88. The van der Waals surface area contributed by atoms with Crippen molar-refractivity contribution in [2.24, 2.45) is 19.1 Å². The molecule has 1 N–H and O–H groups in total. The van der Waals surface area contributed by atoms with Gasteiger partial charge in [-0.15, -0.1) is 11.3 Å². The highest BCUT2D eigenvalue weighted by molar-refractivity contribution is 7.14. The zero-order chi connectivity index (χ0) is 22.0. The van der Waals surface area contributed by atoms with E-state index in [1.54, 1.807) is 12.3 Å². The van der Waals surface area contributed by atoms with Crippen molar-refractivity contribution in [2.75, 3.05) is 6.61 Å². The van der Waals surface area contributed by atoms with Gasteiger partial charge in [0.1, 0.15) is 16.1 Å². The lowest BCUT2D eigenvalue weighted by atomic mass is 10.0. The number of thiophene rings is 1. The normalized spacial score (nSPS) is 11.2. The summed E-state index contributed by atoms with van der Waals surface area (Å²) in [5.41, 5.74) is 1.38. The van der Waals surface area contributed by atoms with E-state index in [4.69, 9.17) is 4.74 Å². The second-order valence-corrected chi connectivity index (χ2v) is 7.48. The SMILES string of the molecule is CCOC(=O)c1c(-c2ccc(C)cc2)csc1N=Cc1c(O)n(C)c(=O)n(C)c1=O. The molecule has 0 aliphatic rings. The monoisotopic (exact) mass is 427 g/mol. The summed E-state index contributed by atoms with van der Waals surface area (Å²) < 4.78 is 7.02. The number of benzene rings is 1. The molecular formula is C21H21N3O5S. The molecule has 0 unspecified atom stereocenters. The first kappa shape index (κ1) is 21.3. The Morgan fingerprint density at radius 2 is 1.87 bits per heavy atom. The average Bonchev–Trinajstić information content (AvgIpc) is 3.15. The van der Waals surface area contributed by atoms with Crippen LogP contribution in [0.2, 0.25) is 0 Å². The maximum Gasteiger partial charge on any atom is 0.341 e. The van der Waals surface area contributed by atoms with Crippen molar-refractivity contribution in [1.82, 2.24) is 9.13 Å². The Morgan fingerprint density at radius 1 is 1.20 bits per heavy atom. The molecule has 0 spiro atoms. The minimum absolute atomic E-state index is 0.153. The third kappa shape index (κ3) is 3.84. The highest BCUT2D eigenvalue weighted by atomic mass is 32.1. The topological polar surface area (TPSA) is 103 Å². The summed E-state index contributed by atoms with van der Waals surface area (Å²) in [5.74, 6) is -1.03. The summed E-state index contributed by atoms with van der Waals surface area (Å²) in [6.45, 7) is 3.89. The number of hydrogen-bond acceptors (Lipinski definition) is 7. The summed E-state index contributed by atoms with van der Waals surface area (Å²) in [6.07, 6.45) is 1.16. The van der Waals surface area contributed by atoms with Gasteiger partial charge in [-0.25, -0.2) is 14.6 Å². The summed E-state index contributed by atoms with van der Waals surface area (Å²) in [5, 5.41) is 12.3. The molecule has 0 aliphatic heterocycles. The van der Waals surface area contributed by atoms with Gasteiger partial charge in [-0.2, -0.15) is 0 Å². The number of nitrogens with zero attached hydrogens (tertiary/aromatic N) is 3. The average molecular weight is 427 g/mol. The van der Waals surface area contributed by atoms with E-state index in [9.17, 15) is 19.5 Å². The van der Waals surface area contributed by atoms with Crippen LogP contribution in [0.4, 0.5) is 5.00 Å². The smallest absolute Gasteiger partial charge is 0.341 e. The zero-order valence-electron chi connectivity index (χ0n) is 17.0. The minimum Gasteiger partial charge on any atom is -0.494 e. The van der Waals surface area contributed by atoms with E-state index < -0.39 is 23.1 Å². The molecule has 9 heteroatoms. The van der Waals surface area contributed by atoms with Gasteiger partial charge in [0.15, 0.2) is 0 Å². The second kappa shape index (κ2) is 8.50. The number of aryl methyl sites for hydroxylation is 1. The molecule has 0 atom stereocenters. The first-order chi connectivity index (χ1) is 14.3. The molecule has 8 nitrogen and oxygen atoms in total. The van der Waals surface area contributed by atoms with Gasteiger partial charge in [0.05, 0.1) is 6.61 Å². The minimum atomic E-state index is -0.688. The number of aliphatic imine (C=N–C) groups is 1. The molecule has 0 saturated carbocycles. The number of hydrogen-bond donors (Lipinski definition) is 1. The molecule has 0 amide bonds. The lowest BCUT2D eigenvalue weighted by molar-refractivity contribution is 0.0529. The molecule has 0 aliphatic carbocycles. The first-order valence-corrected chi connectivity index (χ1v) is 10.0. The Bertz CT molecular complexity index is 1250. The van der Waals surface area contributed by atoms with Gasteiger partial charge >= 0.3 is 11.7 Å². The molecule has 0 fully saturated rings. The van der Waals surface area contributed by atoms with Crippen LogP contribution in [0.5, 0.6) is 5.88 Å². The van der Waals surface area contributed by atoms with Crippen LogP contribution < -0.4 is 11.2 Å². The van der Waals surface area contributed by atoms with Crippen LogP contribution in [-0.2, 0) is 18.8 Å². The Balaban J connectivity index is 2.14. The van der Waals surface area contributed by atoms with Gasteiger partial charge in [-0.1, -0.05) is 29.8 Å². The molecule has 0 bridgehead atoms. The van der Waals surface area contributed by atoms with E-state index in [0.29, 0.717) is 10.6 Å². The number of rotatable bonds is 5. The third-order valence-electron chi connectivity index (χ3n) is 4.59. The van der Waals surface area contributed by atoms with Crippen LogP contribution in [0.1, 0.15) is 28.4 Å². The predicted octanol–water partition coefficient (Wildman–Crippen LogP) is 2.75. The van der Waals surface area contributed by atoms with Gasteiger partial charge in [0.2, 0.25) is 5.88 Å². The molecule has 156 valence electrons. The van der Waals surface area contributed by atoms with Crippen LogP contribution >= 0.6 is 11.3 Å². The van der Waals surface area contributed by atoms with Gasteiger partial charge in [0.25, 0.3) is 5.56 Å². The van der Waals surface area contributed by atoms with E-state index >= 15 is 0 Å². The quantitative estimate of drug-likeness (QED) is 0.498. The van der Waals surface area contributed by atoms with Crippen LogP contribution in [0, 0.1) is 6.92 Å². The number of esters is 1. The lowest BCUT2D eigenvalue weighted by Gasteiger charge is -2.07. The van der Waals surface area contributed by atoms with Crippen molar-refractivity contribution in [2.45, 2.75) is 13.8 Å². The molecule has 2 heterocycles. The van der Waals surface area contributed by atoms with Crippen molar-refractivity contribution in [1.29, 1.82) is 0 Å². The van der Waals surface area contributed by atoms with Crippen molar-refractivity contribution < 1.29 is 14.6 Å². The van der Waals surface area contributed by atoms with Crippen LogP contribution in [0.15, 0.2) is 44.2 Å². The van der Waals surface area contributed by atoms with Crippen molar-refractivity contribution >= 4 is 28.5 Å². The number of aromatic nitrogens is 2. The van der Waals surface area contributed by atoms with Crippen LogP contribution in [-0.4, -0.2) is 33.0 Å². The standard InChI is InChI=1S/C21H21N3O5S/c1-5-29-20(27)16-15(13-8-6-12(2)7-9-13)11-30-17(16)22-10-14-18(25)23(3)21(28)24(4)19(14)26/h6-11,25H,5H2,1-4H3. The molecule has 0 radical (unpaired) electrons. The molecule has 1 aromatic carbocycles. The Labute approximate surface area is 176 Å². The third-order valence-corrected chi connectivity index (χ3v) is 5.48. The number of carbonyl (C=O) groups is 1. The van der Waals surface area contributed by atoms with Crippen molar-refractivity contribution in [3.8, 4) is 17.0 Å². The maximum absolute atomic E-state index is 12.6. The predicted molar refractivity (Wildman–Crippen MR) is 116 cm³/mol. The summed E-state index contributed by atoms with van der Waals surface area (Å²) >= 11 is 1.21. The van der Waals surface area contributed by atoms with E-state index in [1.807, 2.05) is 31.2 Å². The summed E-state index contributed by atoms with van der Waals surface area (Å²) in [6, 6.07) is 7.69. The van der Waals surface area contributed by atoms with Crippen LogP contribution in [0.3, 0.4) is 0 Å². The Morgan fingerprint density at radius 3 is 2.50 bits per heavy atom. The fourth-order valence-corrected chi connectivity index (χ4v) is 3.79. The number of ether oxygens (including phenoxy) is 1. The Kier molecular flexibility index (Phi) is 6.02. The molecule has 3 rings (SSSR count). The van der Waals surface area contributed by atoms with Gasteiger partial charge in [0, 0.05) is 31.3 Å². The van der Waals surface area contributed by atoms with Crippen molar-refractivity contribution in [3.63, 3.8) is 0 Å². The first-order valence-electron chi connectivity index (χ1n) is 9.15. The fraction of sp³-hybridized carbons (Fsp3) is 0.238.